The quantitative estimate of drug-likeness (QED) is 0.667. The second-order valence-electron chi connectivity index (χ2n) is 3.62. The number of hydrogen-bond acceptors (Lipinski definition) is 5. The third kappa shape index (κ3) is 2.37. The van der Waals surface area contributed by atoms with E-state index in [2.05, 4.69) is 4.98 Å². The Morgan fingerprint density at radius 2 is 2.11 bits per heavy atom. The molecule has 0 radical (unpaired) electrons. The monoisotopic (exact) mass is 263 g/mol. The second kappa shape index (κ2) is 4.77. The fourth-order valence-electron chi connectivity index (χ4n) is 1.52. The largest absolute Gasteiger partial charge is 0.493 e. The highest BCUT2D eigenvalue weighted by molar-refractivity contribution is 5.97. The third-order valence-corrected chi connectivity index (χ3v) is 2.34. The number of hydrogen-bond donors (Lipinski definition) is 3. The first-order valence-corrected chi connectivity index (χ1v) is 5.21. The number of aromatic hydroxyl groups is 1. The predicted molar refractivity (Wildman–Crippen MR) is 63.1 cm³/mol. The minimum atomic E-state index is -1.26. The number of carbonyl (C=O) groups excluding carboxylic acids is 1. The minimum Gasteiger partial charge on any atom is -0.493 e. The van der Waals surface area contributed by atoms with Crippen LogP contribution in [0.1, 0.15) is 10.4 Å². The zero-order chi connectivity index (χ0) is 14.0. The van der Waals surface area contributed by atoms with Crippen LogP contribution in [-0.4, -0.2) is 38.0 Å². The summed E-state index contributed by atoms with van der Waals surface area (Å²) >= 11 is 0. The molecule has 3 N–H and O–H groups in total. The van der Waals surface area contributed by atoms with E-state index in [0.29, 0.717) is 0 Å². The van der Waals surface area contributed by atoms with Crippen LogP contribution in [0, 0.1) is 0 Å². The molecule has 2 aromatic heterocycles. The zero-order valence-electron chi connectivity index (χ0n) is 9.53. The van der Waals surface area contributed by atoms with E-state index >= 15 is 0 Å². The van der Waals surface area contributed by atoms with Crippen molar-refractivity contribution in [2.75, 3.05) is 6.54 Å². The van der Waals surface area contributed by atoms with Gasteiger partial charge in [0.25, 0.3) is 11.5 Å². The van der Waals surface area contributed by atoms with Crippen molar-refractivity contribution in [3.63, 3.8) is 0 Å². The van der Waals surface area contributed by atoms with E-state index in [1.54, 1.807) is 12.1 Å². The number of carbonyl (C=O) groups is 2. The standard InChI is InChI=1S/C11H9N3O5/c15-7(16)5-12-9(17)8-10(18)13-6-3-1-2-4-14(6)11(8)19/h1-4,18H,5H2,(H,12,17)(H,15,16). The van der Waals surface area contributed by atoms with Gasteiger partial charge in [-0.25, -0.2) is 0 Å². The Balaban J connectivity index is 2.51. The van der Waals surface area contributed by atoms with Gasteiger partial charge in [-0.05, 0) is 12.1 Å². The molecule has 0 aliphatic carbocycles. The van der Waals surface area contributed by atoms with Gasteiger partial charge in [-0.1, -0.05) is 6.07 Å². The molecule has 0 fully saturated rings. The normalized spacial score (nSPS) is 10.3. The predicted octanol–water partition coefficient (Wildman–Crippen LogP) is -0.786. The van der Waals surface area contributed by atoms with Crippen molar-refractivity contribution in [3.05, 3.63) is 40.3 Å². The van der Waals surface area contributed by atoms with Crippen LogP contribution in [0.2, 0.25) is 0 Å². The lowest BCUT2D eigenvalue weighted by molar-refractivity contribution is -0.135. The molecule has 98 valence electrons. The Morgan fingerprint density at radius 3 is 2.79 bits per heavy atom. The molecule has 0 saturated carbocycles. The van der Waals surface area contributed by atoms with Crippen molar-refractivity contribution in [3.8, 4) is 5.88 Å². The van der Waals surface area contributed by atoms with E-state index < -0.39 is 35.4 Å². The van der Waals surface area contributed by atoms with Crippen LogP contribution in [0.5, 0.6) is 5.88 Å². The van der Waals surface area contributed by atoms with E-state index in [-0.39, 0.29) is 5.65 Å². The molecule has 0 unspecified atom stereocenters. The molecule has 0 aromatic carbocycles. The van der Waals surface area contributed by atoms with Crippen LogP contribution >= 0.6 is 0 Å². The summed E-state index contributed by atoms with van der Waals surface area (Å²) < 4.78 is 1.08. The Morgan fingerprint density at radius 1 is 1.37 bits per heavy atom. The lowest BCUT2D eigenvalue weighted by Crippen LogP contribution is -2.34. The molecule has 0 aliphatic heterocycles. The summed E-state index contributed by atoms with van der Waals surface area (Å²) in [5.41, 5.74) is -1.18. The van der Waals surface area contributed by atoms with Crippen LogP contribution in [0.4, 0.5) is 0 Å². The molecule has 19 heavy (non-hydrogen) atoms. The van der Waals surface area contributed by atoms with Crippen LogP contribution in [0.25, 0.3) is 5.65 Å². The van der Waals surface area contributed by atoms with Gasteiger partial charge in [0, 0.05) is 6.20 Å². The van der Waals surface area contributed by atoms with Gasteiger partial charge in [0.2, 0.25) is 5.88 Å². The molecule has 2 rings (SSSR count). The number of aliphatic carboxylic acids is 1. The maximum absolute atomic E-state index is 12.0. The zero-order valence-corrected chi connectivity index (χ0v) is 9.53. The van der Waals surface area contributed by atoms with E-state index in [1.807, 2.05) is 5.32 Å². The maximum Gasteiger partial charge on any atom is 0.322 e. The molecule has 0 spiro atoms. The van der Waals surface area contributed by atoms with Crippen molar-refractivity contribution in [2.45, 2.75) is 0 Å². The van der Waals surface area contributed by atoms with Gasteiger partial charge in [0.05, 0.1) is 0 Å². The smallest absolute Gasteiger partial charge is 0.322 e. The molecule has 8 nitrogen and oxygen atoms in total. The SMILES string of the molecule is O=C(O)CNC(=O)c1c(O)nc2ccccn2c1=O. The topological polar surface area (TPSA) is 121 Å². The molecule has 8 heteroatoms. The first-order chi connectivity index (χ1) is 9.00. The summed E-state index contributed by atoms with van der Waals surface area (Å²) in [6.07, 6.45) is 1.39. The highest BCUT2D eigenvalue weighted by atomic mass is 16.4. The van der Waals surface area contributed by atoms with E-state index in [4.69, 9.17) is 5.11 Å². The van der Waals surface area contributed by atoms with Gasteiger partial charge in [-0.3, -0.25) is 18.8 Å². The molecule has 2 heterocycles. The number of rotatable bonds is 3. The lowest BCUT2D eigenvalue weighted by atomic mass is 10.3. The second-order valence-corrected chi connectivity index (χ2v) is 3.62. The summed E-state index contributed by atoms with van der Waals surface area (Å²) in [5.74, 6) is -2.99. The number of nitrogens with zero attached hydrogens (tertiary/aromatic N) is 2. The van der Waals surface area contributed by atoms with Crippen molar-refractivity contribution < 1.29 is 19.8 Å². The fraction of sp³-hybridized carbons (Fsp3) is 0.0909. The number of carboxylic acids is 1. The molecular weight excluding hydrogens is 254 g/mol. The Kier molecular flexibility index (Phi) is 3.15. The summed E-state index contributed by atoms with van der Waals surface area (Å²) in [5, 5.41) is 20.0. The van der Waals surface area contributed by atoms with Crippen LogP contribution < -0.4 is 10.9 Å². The first-order valence-electron chi connectivity index (χ1n) is 5.21. The number of pyridine rings is 1. The average Bonchev–Trinajstić information content (AvgIpc) is 2.36. The molecule has 0 bridgehead atoms. The van der Waals surface area contributed by atoms with Gasteiger partial charge in [0.15, 0.2) is 5.56 Å². The van der Waals surface area contributed by atoms with E-state index in [0.717, 1.165) is 4.40 Å². The molecular formula is C11H9N3O5. The van der Waals surface area contributed by atoms with Gasteiger partial charge < -0.3 is 15.5 Å². The summed E-state index contributed by atoms with van der Waals surface area (Å²) in [6, 6.07) is 4.66. The van der Waals surface area contributed by atoms with Gasteiger partial charge in [-0.15, -0.1) is 0 Å². The Hall–Kier alpha value is -2.90. The van der Waals surface area contributed by atoms with Crippen molar-refractivity contribution in [1.29, 1.82) is 0 Å². The van der Waals surface area contributed by atoms with Gasteiger partial charge in [-0.2, -0.15) is 4.98 Å². The van der Waals surface area contributed by atoms with Crippen molar-refractivity contribution >= 4 is 17.5 Å². The number of carboxylic acid groups (broad SMARTS) is 1. The number of nitrogens with one attached hydrogen (secondary N) is 1. The molecule has 0 aliphatic rings. The Bertz CT molecular complexity index is 722. The van der Waals surface area contributed by atoms with E-state index in [1.165, 1.54) is 12.3 Å². The lowest BCUT2D eigenvalue weighted by Gasteiger charge is -2.06. The van der Waals surface area contributed by atoms with Crippen molar-refractivity contribution in [2.24, 2.45) is 0 Å². The van der Waals surface area contributed by atoms with Crippen LogP contribution in [0.15, 0.2) is 29.2 Å². The van der Waals surface area contributed by atoms with Gasteiger partial charge >= 0.3 is 5.97 Å². The summed E-state index contributed by atoms with van der Waals surface area (Å²) in [6.45, 7) is -0.658. The number of fused-ring (bicyclic) bond motifs is 1. The maximum atomic E-state index is 12.0. The minimum absolute atomic E-state index is 0.180. The third-order valence-electron chi connectivity index (χ3n) is 2.34. The highest BCUT2D eigenvalue weighted by Gasteiger charge is 2.19. The molecule has 2 aromatic rings. The molecule has 0 atom stereocenters. The summed E-state index contributed by atoms with van der Waals surface area (Å²) in [7, 11) is 0. The number of amides is 1. The van der Waals surface area contributed by atoms with Crippen molar-refractivity contribution in [1.82, 2.24) is 14.7 Å². The average molecular weight is 263 g/mol. The Labute approximate surface area is 105 Å². The first kappa shape index (κ1) is 12.6. The van der Waals surface area contributed by atoms with Crippen LogP contribution in [-0.2, 0) is 4.79 Å². The fourth-order valence-corrected chi connectivity index (χ4v) is 1.52. The highest BCUT2D eigenvalue weighted by Crippen LogP contribution is 2.10. The molecule has 0 saturated heterocycles. The molecule has 1 amide bonds. The van der Waals surface area contributed by atoms with E-state index in [9.17, 15) is 19.5 Å². The summed E-state index contributed by atoms with van der Waals surface area (Å²) in [4.78, 5) is 37.7. The number of aromatic nitrogens is 2. The van der Waals surface area contributed by atoms with Crippen LogP contribution in [0.3, 0.4) is 0 Å². The van der Waals surface area contributed by atoms with Gasteiger partial charge in [0.1, 0.15) is 12.2 Å².